The third-order valence-electron chi connectivity index (χ3n) is 2.67. The number of nitrogens with two attached hydrogens (primary N) is 1. The van der Waals surface area contributed by atoms with E-state index in [1.54, 1.807) is 12.1 Å². The molecule has 7 heteroatoms. The maximum absolute atomic E-state index is 10.7. The first-order valence-electron chi connectivity index (χ1n) is 5.96. The molecule has 1 aromatic carbocycles. The highest BCUT2D eigenvalue weighted by Crippen LogP contribution is 2.23. The Kier molecular flexibility index (Phi) is 3.86. The number of rotatable bonds is 5. The minimum Gasteiger partial charge on any atom is -0.337 e. The Morgan fingerprint density at radius 2 is 2.32 bits per heavy atom. The molecule has 1 heterocycles. The lowest BCUT2D eigenvalue weighted by atomic mass is 10.2. The first-order chi connectivity index (χ1) is 9.11. The lowest BCUT2D eigenvalue weighted by Crippen LogP contribution is -2.09. The number of non-ortho nitro benzene ring substituents is 1. The van der Waals surface area contributed by atoms with E-state index in [0.29, 0.717) is 17.3 Å². The van der Waals surface area contributed by atoms with E-state index < -0.39 is 4.92 Å². The fraction of sp³-hybridized carbons (Fsp3) is 0.333. The predicted molar refractivity (Wildman–Crippen MR) is 68.2 cm³/mol. The number of nitrogens with zero attached hydrogens (tertiary/aromatic N) is 3. The van der Waals surface area contributed by atoms with Crippen LogP contribution in [-0.2, 0) is 0 Å². The summed E-state index contributed by atoms with van der Waals surface area (Å²) in [5.74, 6) is 0.661. The summed E-state index contributed by atoms with van der Waals surface area (Å²) in [4.78, 5) is 14.4. The zero-order valence-corrected chi connectivity index (χ0v) is 10.4. The van der Waals surface area contributed by atoms with Crippen molar-refractivity contribution >= 4 is 5.69 Å². The van der Waals surface area contributed by atoms with Crippen molar-refractivity contribution < 1.29 is 9.45 Å². The van der Waals surface area contributed by atoms with Gasteiger partial charge in [0.15, 0.2) is 0 Å². The van der Waals surface area contributed by atoms with Crippen LogP contribution >= 0.6 is 0 Å². The molecule has 0 aliphatic carbocycles. The van der Waals surface area contributed by atoms with Gasteiger partial charge in [0.2, 0.25) is 11.7 Å². The molecule has 0 saturated heterocycles. The Morgan fingerprint density at radius 1 is 1.53 bits per heavy atom. The molecule has 2 aromatic rings. The van der Waals surface area contributed by atoms with Gasteiger partial charge in [-0.1, -0.05) is 30.6 Å². The molecule has 0 radical (unpaired) electrons. The minimum absolute atomic E-state index is 0.0123. The monoisotopic (exact) mass is 262 g/mol. The normalized spacial score (nSPS) is 12.3. The molecule has 2 N–H and O–H groups in total. The van der Waals surface area contributed by atoms with Gasteiger partial charge in [0.05, 0.1) is 11.0 Å². The number of hydrogen-bond donors (Lipinski definition) is 1. The van der Waals surface area contributed by atoms with Crippen molar-refractivity contribution in [1.29, 1.82) is 0 Å². The van der Waals surface area contributed by atoms with Gasteiger partial charge in [0, 0.05) is 17.7 Å². The highest BCUT2D eigenvalue weighted by atomic mass is 16.6. The predicted octanol–water partition coefficient (Wildman–Crippen LogP) is 2.44. The molecule has 0 amide bonds. The molecule has 2 rings (SSSR count). The van der Waals surface area contributed by atoms with Crippen LogP contribution in [0.15, 0.2) is 28.8 Å². The van der Waals surface area contributed by atoms with E-state index in [4.69, 9.17) is 10.3 Å². The molecule has 1 atom stereocenters. The van der Waals surface area contributed by atoms with Crippen molar-refractivity contribution in [2.75, 3.05) is 0 Å². The van der Waals surface area contributed by atoms with Crippen molar-refractivity contribution in [1.82, 2.24) is 10.1 Å². The van der Waals surface area contributed by atoms with Crippen LogP contribution < -0.4 is 5.73 Å². The molecular weight excluding hydrogens is 248 g/mol. The molecule has 0 bridgehead atoms. The molecule has 0 fully saturated rings. The van der Waals surface area contributed by atoms with Crippen LogP contribution in [0.25, 0.3) is 11.4 Å². The Bertz CT molecular complexity index is 582. The summed E-state index contributed by atoms with van der Waals surface area (Å²) in [6.45, 7) is 2.01. The maximum atomic E-state index is 10.7. The van der Waals surface area contributed by atoms with Gasteiger partial charge < -0.3 is 10.3 Å². The van der Waals surface area contributed by atoms with E-state index in [1.165, 1.54) is 12.1 Å². The van der Waals surface area contributed by atoms with E-state index in [9.17, 15) is 10.1 Å². The van der Waals surface area contributed by atoms with Gasteiger partial charge in [-0.3, -0.25) is 10.1 Å². The number of nitro groups is 1. The first kappa shape index (κ1) is 13.2. The number of hydrogen-bond acceptors (Lipinski definition) is 6. The third-order valence-corrected chi connectivity index (χ3v) is 2.67. The van der Waals surface area contributed by atoms with Gasteiger partial charge in [-0.25, -0.2) is 0 Å². The molecule has 0 spiro atoms. The summed E-state index contributed by atoms with van der Waals surface area (Å²) < 4.78 is 5.08. The highest BCUT2D eigenvalue weighted by Gasteiger charge is 2.16. The number of nitro benzene ring substituents is 1. The quantitative estimate of drug-likeness (QED) is 0.654. The van der Waals surface area contributed by atoms with E-state index in [-0.39, 0.29) is 11.7 Å². The van der Waals surface area contributed by atoms with Gasteiger partial charge in [0.1, 0.15) is 0 Å². The molecule has 0 aliphatic rings. The van der Waals surface area contributed by atoms with Crippen LogP contribution in [-0.4, -0.2) is 15.1 Å². The molecule has 19 heavy (non-hydrogen) atoms. The second-order valence-electron chi connectivity index (χ2n) is 4.16. The summed E-state index contributed by atoms with van der Waals surface area (Å²) in [6, 6.07) is 5.78. The van der Waals surface area contributed by atoms with Crippen LogP contribution in [0, 0.1) is 10.1 Å². The average molecular weight is 262 g/mol. The van der Waals surface area contributed by atoms with E-state index in [1.807, 2.05) is 6.92 Å². The lowest BCUT2D eigenvalue weighted by molar-refractivity contribution is -0.384. The molecule has 0 saturated carbocycles. The molecule has 7 nitrogen and oxygen atoms in total. The van der Waals surface area contributed by atoms with Gasteiger partial charge in [-0.05, 0) is 6.42 Å². The molecule has 1 aromatic heterocycles. The molecular formula is C12H14N4O3. The molecule has 1 unspecified atom stereocenters. The van der Waals surface area contributed by atoms with Crippen LogP contribution in [0.1, 0.15) is 31.7 Å². The van der Waals surface area contributed by atoms with Gasteiger partial charge in [0.25, 0.3) is 5.69 Å². The summed E-state index contributed by atoms with van der Waals surface area (Å²) in [5, 5.41) is 14.5. The summed E-state index contributed by atoms with van der Waals surface area (Å²) in [5.41, 5.74) is 6.39. The summed E-state index contributed by atoms with van der Waals surface area (Å²) >= 11 is 0. The van der Waals surface area contributed by atoms with E-state index in [0.717, 1.165) is 12.8 Å². The highest BCUT2D eigenvalue weighted by molar-refractivity contribution is 5.58. The third kappa shape index (κ3) is 2.94. The smallest absolute Gasteiger partial charge is 0.270 e. The second kappa shape index (κ2) is 5.57. The van der Waals surface area contributed by atoms with Gasteiger partial charge >= 0.3 is 0 Å². The minimum atomic E-state index is -0.465. The van der Waals surface area contributed by atoms with Crippen molar-refractivity contribution in [2.45, 2.75) is 25.8 Å². The average Bonchev–Trinajstić information content (AvgIpc) is 2.89. The van der Waals surface area contributed by atoms with Crippen LogP contribution in [0.3, 0.4) is 0 Å². The SMILES string of the molecule is CCCC(N)c1nc(-c2cccc([N+](=O)[O-])c2)no1. The zero-order chi connectivity index (χ0) is 13.8. The van der Waals surface area contributed by atoms with Crippen molar-refractivity contribution in [3.63, 3.8) is 0 Å². The fourth-order valence-electron chi connectivity index (χ4n) is 1.70. The maximum Gasteiger partial charge on any atom is 0.270 e. The fourth-order valence-corrected chi connectivity index (χ4v) is 1.70. The Hall–Kier alpha value is -2.28. The standard InChI is InChI=1S/C12H14N4O3/c1-2-4-10(13)12-14-11(15-19-12)8-5-3-6-9(7-8)16(17)18/h3,5-7,10H,2,4,13H2,1H3. The number of benzene rings is 1. The first-order valence-corrected chi connectivity index (χ1v) is 5.96. The Labute approximate surface area is 109 Å². The zero-order valence-electron chi connectivity index (χ0n) is 10.4. The van der Waals surface area contributed by atoms with Crippen LogP contribution in [0.5, 0.6) is 0 Å². The van der Waals surface area contributed by atoms with Gasteiger partial charge in [-0.2, -0.15) is 4.98 Å². The molecule has 0 aliphatic heterocycles. The lowest BCUT2D eigenvalue weighted by Gasteiger charge is -2.02. The summed E-state index contributed by atoms with van der Waals surface area (Å²) in [7, 11) is 0. The Morgan fingerprint density at radius 3 is 3.00 bits per heavy atom. The van der Waals surface area contributed by atoms with Crippen LogP contribution in [0.2, 0.25) is 0 Å². The summed E-state index contributed by atoms with van der Waals surface area (Å²) in [6.07, 6.45) is 1.66. The van der Waals surface area contributed by atoms with Crippen molar-refractivity contribution in [3.8, 4) is 11.4 Å². The largest absolute Gasteiger partial charge is 0.337 e. The van der Waals surface area contributed by atoms with Crippen LogP contribution in [0.4, 0.5) is 5.69 Å². The van der Waals surface area contributed by atoms with Crippen molar-refractivity contribution in [3.05, 3.63) is 40.3 Å². The molecule has 100 valence electrons. The topological polar surface area (TPSA) is 108 Å². The Balaban J connectivity index is 2.27. The van der Waals surface area contributed by atoms with E-state index >= 15 is 0 Å². The van der Waals surface area contributed by atoms with Crippen molar-refractivity contribution in [2.24, 2.45) is 5.73 Å². The van der Waals surface area contributed by atoms with Gasteiger partial charge in [-0.15, -0.1) is 0 Å². The second-order valence-corrected chi connectivity index (χ2v) is 4.16. The van der Waals surface area contributed by atoms with E-state index in [2.05, 4.69) is 10.1 Å². The number of aromatic nitrogens is 2.